The van der Waals surface area contributed by atoms with Gasteiger partial charge in [-0.05, 0) is 76.6 Å². The molecule has 0 spiro atoms. The van der Waals surface area contributed by atoms with Gasteiger partial charge in [-0.2, -0.15) is 8.78 Å². The number of rotatable bonds is 6. The van der Waals surface area contributed by atoms with Crippen molar-refractivity contribution in [2.75, 3.05) is 11.5 Å². The van der Waals surface area contributed by atoms with Gasteiger partial charge in [0.2, 0.25) is 5.91 Å². The molecule has 194 valence electrons. The number of amides is 1. The summed E-state index contributed by atoms with van der Waals surface area (Å²) in [5, 5.41) is 5.24. The number of nitrogens with one attached hydrogen (secondary N) is 2. The fraction of sp³-hybridized carbons (Fsp3) is 0.640. The monoisotopic (exact) mass is 511 g/mol. The lowest BCUT2D eigenvalue weighted by molar-refractivity contribution is -0.127. The molecule has 1 aromatic carbocycles. The number of hydrazine groups is 1. The molecule has 35 heavy (non-hydrogen) atoms. The zero-order valence-corrected chi connectivity index (χ0v) is 21.6. The van der Waals surface area contributed by atoms with Crippen LogP contribution in [-0.4, -0.2) is 49.0 Å². The summed E-state index contributed by atoms with van der Waals surface area (Å²) in [5.41, 5.74) is 5.50. The van der Waals surface area contributed by atoms with Crippen molar-refractivity contribution in [3.63, 3.8) is 0 Å². The smallest absolute Gasteiger partial charge is 0.387 e. The van der Waals surface area contributed by atoms with E-state index in [0.717, 1.165) is 16.8 Å². The van der Waals surface area contributed by atoms with Crippen molar-refractivity contribution in [1.82, 2.24) is 15.8 Å². The lowest BCUT2D eigenvalue weighted by Crippen LogP contribution is -2.53. The number of halogens is 2. The standard InChI is InChI=1S/C25H35F2N3O4S/c1-16(2)30-21-14-17(22(31)28-24(3)10-12-35(32,33)13-11-24)8-9-20(21)25(4,29-30)18-6-5-7-19(15-18)34-23(26)27/h5-7,15-17,23,29H,8-14H2,1-4H3,(H,28,31)/t17-,25?/m1/s1. The average molecular weight is 512 g/mol. The number of nitrogens with zero attached hydrogens (tertiary/aromatic N) is 1. The minimum absolute atomic E-state index is 0.0389. The largest absolute Gasteiger partial charge is 0.435 e. The van der Waals surface area contributed by atoms with Crippen molar-refractivity contribution in [2.45, 2.75) is 83.5 Å². The van der Waals surface area contributed by atoms with E-state index in [4.69, 9.17) is 0 Å². The molecule has 0 radical (unpaired) electrons. The van der Waals surface area contributed by atoms with Crippen LogP contribution in [0.25, 0.3) is 0 Å². The lowest BCUT2D eigenvalue weighted by Gasteiger charge is -2.37. The highest BCUT2D eigenvalue weighted by atomic mass is 32.2. The maximum Gasteiger partial charge on any atom is 0.387 e. The number of carbonyl (C=O) groups is 1. The van der Waals surface area contributed by atoms with Crippen LogP contribution in [0.1, 0.15) is 65.4 Å². The van der Waals surface area contributed by atoms with Crippen LogP contribution >= 0.6 is 0 Å². The van der Waals surface area contributed by atoms with Gasteiger partial charge in [0.15, 0.2) is 0 Å². The third-order valence-corrected chi connectivity index (χ3v) is 9.30. The number of sulfone groups is 1. The highest BCUT2D eigenvalue weighted by molar-refractivity contribution is 7.91. The second-order valence-electron chi connectivity index (χ2n) is 10.7. The zero-order valence-electron chi connectivity index (χ0n) is 20.7. The Morgan fingerprint density at radius 3 is 2.54 bits per heavy atom. The average Bonchev–Trinajstić information content (AvgIpc) is 3.10. The fourth-order valence-corrected chi connectivity index (χ4v) is 7.21. The van der Waals surface area contributed by atoms with Gasteiger partial charge in [-0.15, -0.1) is 0 Å². The highest BCUT2D eigenvalue weighted by Crippen LogP contribution is 2.47. The normalized spacial score (nSPS) is 27.8. The molecule has 2 heterocycles. The number of hydrogen-bond acceptors (Lipinski definition) is 6. The highest BCUT2D eigenvalue weighted by Gasteiger charge is 2.46. The van der Waals surface area contributed by atoms with Gasteiger partial charge in [0, 0.05) is 29.6 Å². The van der Waals surface area contributed by atoms with Crippen LogP contribution in [0.4, 0.5) is 8.78 Å². The van der Waals surface area contributed by atoms with Crippen molar-refractivity contribution in [2.24, 2.45) is 5.92 Å². The summed E-state index contributed by atoms with van der Waals surface area (Å²) >= 11 is 0. The second kappa shape index (κ2) is 9.35. The number of allylic oxidation sites excluding steroid dienone is 1. The third-order valence-electron chi connectivity index (χ3n) is 7.65. The molecule has 1 fully saturated rings. The van der Waals surface area contributed by atoms with Crippen LogP contribution in [-0.2, 0) is 20.2 Å². The molecule has 2 N–H and O–H groups in total. The van der Waals surface area contributed by atoms with Gasteiger partial charge in [0.05, 0.1) is 17.0 Å². The first-order chi connectivity index (χ1) is 16.3. The summed E-state index contributed by atoms with van der Waals surface area (Å²) in [4.78, 5) is 13.3. The Kier molecular flexibility index (Phi) is 6.91. The number of alkyl halides is 2. The van der Waals surface area contributed by atoms with Crippen molar-refractivity contribution in [3.8, 4) is 5.75 Å². The molecule has 1 amide bonds. The zero-order chi connectivity index (χ0) is 25.6. The Bertz CT molecular complexity index is 1110. The molecule has 1 aromatic rings. The lowest BCUT2D eigenvalue weighted by atomic mass is 9.76. The van der Waals surface area contributed by atoms with E-state index in [1.165, 1.54) is 6.07 Å². The second-order valence-corrected chi connectivity index (χ2v) is 13.0. The molecule has 4 rings (SSSR count). The van der Waals surface area contributed by atoms with E-state index in [9.17, 15) is 22.0 Å². The molecule has 10 heteroatoms. The van der Waals surface area contributed by atoms with Crippen LogP contribution in [0.3, 0.4) is 0 Å². The van der Waals surface area contributed by atoms with Gasteiger partial charge in [0.1, 0.15) is 15.6 Å². The number of carbonyl (C=O) groups excluding carboxylic acids is 1. The predicted octanol–water partition coefficient (Wildman–Crippen LogP) is 3.87. The molecular formula is C25H35F2N3O4S. The van der Waals surface area contributed by atoms with E-state index >= 15 is 0 Å². The molecular weight excluding hydrogens is 476 g/mol. The van der Waals surface area contributed by atoms with Crippen molar-refractivity contribution in [3.05, 3.63) is 41.1 Å². The third kappa shape index (κ3) is 5.33. The van der Waals surface area contributed by atoms with Crippen LogP contribution < -0.4 is 15.5 Å². The molecule has 2 atom stereocenters. The van der Waals surface area contributed by atoms with Gasteiger partial charge in [-0.1, -0.05) is 12.1 Å². The SMILES string of the molecule is CC(C)N1NC(C)(c2cccc(OC(F)F)c2)C2=C1C[C@H](C(=O)NC1(C)CCS(=O)(=O)CC1)CC2. The van der Waals surface area contributed by atoms with E-state index < -0.39 is 27.5 Å². The van der Waals surface area contributed by atoms with Crippen LogP contribution in [0.2, 0.25) is 0 Å². The van der Waals surface area contributed by atoms with Crippen molar-refractivity contribution in [1.29, 1.82) is 0 Å². The van der Waals surface area contributed by atoms with Gasteiger partial charge in [0.25, 0.3) is 0 Å². The number of ether oxygens (including phenoxy) is 1. The first-order valence-corrected chi connectivity index (χ1v) is 14.0. The van der Waals surface area contributed by atoms with Gasteiger partial charge < -0.3 is 15.1 Å². The minimum atomic E-state index is -3.02. The minimum Gasteiger partial charge on any atom is -0.435 e. The van der Waals surface area contributed by atoms with Crippen molar-refractivity contribution < 1.29 is 26.7 Å². The van der Waals surface area contributed by atoms with Gasteiger partial charge in [-0.25, -0.2) is 13.8 Å². The summed E-state index contributed by atoms with van der Waals surface area (Å²) in [6.07, 6.45) is 2.76. The van der Waals surface area contributed by atoms with E-state index in [-0.39, 0.29) is 35.1 Å². The van der Waals surface area contributed by atoms with E-state index in [1.807, 2.05) is 19.9 Å². The molecule has 1 aliphatic carbocycles. The molecule has 0 bridgehead atoms. The maximum atomic E-state index is 13.3. The van der Waals surface area contributed by atoms with Crippen molar-refractivity contribution >= 4 is 15.7 Å². The summed E-state index contributed by atoms with van der Waals surface area (Å²) in [6.45, 7) is 5.20. The molecule has 3 aliphatic rings. The van der Waals surface area contributed by atoms with Crippen LogP contribution in [0.15, 0.2) is 35.5 Å². The number of hydrogen-bond donors (Lipinski definition) is 2. The Hall–Kier alpha value is -2.20. The summed E-state index contributed by atoms with van der Waals surface area (Å²) in [5.74, 6) is 0.0515. The molecule has 1 unspecified atom stereocenters. The Morgan fingerprint density at radius 2 is 1.91 bits per heavy atom. The summed E-state index contributed by atoms with van der Waals surface area (Å²) in [7, 11) is -3.02. The molecule has 0 aromatic heterocycles. The quantitative estimate of drug-likeness (QED) is 0.603. The van der Waals surface area contributed by atoms with E-state index in [0.29, 0.717) is 32.1 Å². The Labute approximate surface area is 206 Å². The maximum absolute atomic E-state index is 13.3. The van der Waals surface area contributed by atoms with E-state index in [2.05, 4.69) is 34.3 Å². The molecule has 1 saturated heterocycles. The first kappa shape index (κ1) is 25.9. The molecule has 2 aliphatic heterocycles. The Balaban J connectivity index is 1.56. The molecule has 7 nitrogen and oxygen atoms in total. The summed E-state index contributed by atoms with van der Waals surface area (Å²) in [6, 6.07) is 6.88. The van der Waals surface area contributed by atoms with Crippen LogP contribution in [0.5, 0.6) is 5.75 Å². The molecule has 0 saturated carbocycles. The van der Waals surface area contributed by atoms with Gasteiger partial charge >= 0.3 is 6.61 Å². The summed E-state index contributed by atoms with van der Waals surface area (Å²) < 4.78 is 53.9. The Morgan fingerprint density at radius 1 is 1.23 bits per heavy atom. The fourth-order valence-electron chi connectivity index (χ4n) is 5.48. The first-order valence-electron chi connectivity index (χ1n) is 12.2. The van der Waals surface area contributed by atoms with Gasteiger partial charge in [-0.3, -0.25) is 4.79 Å². The topological polar surface area (TPSA) is 87.7 Å². The predicted molar refractivity (Wildman–Crippen MR) is 129 cm³/mol. The van der Waals surface area contributed by atoms with Crippen LogP contribution in [0, 0.1) is 5.92 Å². The van der Waals surface area contributed by atoms with E-state index in [1.54, 1.807) is 12.1 Å². The number of benzene rings is 1.